The van der Waals surface area contributed by atoms with E-state index in [1.807, 2.05) is 42.7 Å². The average molecular weight is 333 g/mol. The normalized spacial score (nSPS) is 15.4. The summed E-state index contributed by atoms with van der Waals surface area (Å²) in [6, 6.07) is 12.3. The van der Waals surface area contributed by atoms with Gasteiger partial charge < -0.3 is 4.57 Å². The van der Waals surface area contributed by atoms with Crippen molar-refractivity contribution in [3.05, 3.63) is 65.3 Å². The van der Waals surface area contributed by atoms with E-state index in [0.717, 1.165) is 22.3 Å². The summed E-state index contributed by atoms with van der Waals surface area (Å²) in [7, 11) is 1.80. The summed E-state index contributed by atoms with van der Waals surface area (Å²) in [5.41, 5.74) is 4.14. The van der Waals surface area contributed by atoms with Crippen molar-refractivity contribution in [1.82, 2.24) is 14.3 Å². The monoisotopic (exact) mass is 333 g/mol. The van der Waals surface area contributed by atoms with Crippen LogP contribution in [0.1, 0.15) is 38.1 Å². The molecule has 1 saturated carbocycles. The minimum Gasteiger partial charge on any atom is -0.318 e. The summed E-state index contributed by atoms with van der Waals surface area (Å²) < 4.78 is 3.76. The van der Waals surface area contributed by atoms with Gasteiger partial charge in [0, 0.05) is 36.6 Å². The molecule has 0 radical (unpaired) electrons. The molecular formula is C21H23N3O. The van der Waals surface area contributed by atoms with Crippen molar-refractivity contribution < 1.29 is 0 Å². The maximum atomic E-state index is 12.2. The molecule has 0 spiro atoms. The molecule has 25 heavy (non-hydrogen) atoms. The highest BCUT2D eigenvalue weighted by atomic mass is 16.1. The van der Waals surface area contributed by atoms with E-state index in [-0.39, 0.29) is 5.56 Å². The van der Waals surface area contributed by atoms with Crippen LogP contribution >= 0.6 is 0 Å². The summed E-state index contributed by atoms with van der Waals surface area (Å²) in [4.78, 5) is 12.2. The van der Waals surface area contributed by atoms with Crippen LogP contribution in [0.25, 0.3) is 22.3 Å². The number of hydrogen-bond acceptors (Lipinski definition) is 2. The fraction of sp³-hybridized carbons (Fsp3) is 0.333. The van der Waals surface area contributed by atoms with Crippen LogP contribution in [0.15, 0.2) is 59.8 Å². The van der Waals surface area contributed by atoms with Crippen LogP contribution in [-0.4, -0.2) is 14.3 Å². The summed E-state index contributed by atoms with van der Waals surface area (Å²) in [5.74, 6) is 0. The third-order valence-electron chi connectivity index (χ3n) is 5.17. The van der Waals surface area contributed by atoms with Crippen molar-refractivity contribution in [3.8, 4) is 22.3 Å². The molecule has 4 nitrogen and oxygen atoms in total. The molecule has 0 aliphatic heterocycles. The third kappa shape index (κ3) is 3.16. The maximum absolute atomic E-state index is 12.2. The Hall–Kier alpha value is -2.62. The predicted octanol–water partition coefficient (Wildman–Crippen LogP) is 4.42. The third-order valence-corrected chi connectivity index (χ3v) is 5.17. The Morgan fingerprint density at radius 1 is 0.960 bits per heavy atom. The number of hydrogen-bond donors (Lipinski definition) is 0. The van der Waals surface area contributed by atoms with E-state index in [4.69, 9.17) is 0 Å². The lowest BCUT2D eigenvalue weighted by Crippen LogP contribution is -2.15. The molecule has 2 aromatic heterocycles. The lowest BCUT2D eigenvalue weighted by atomic mass is 9.95. The second kappa shape index (κ2) is 6.71. The van der Waals surface area contributed by atoms with Gasteiger partial charge in [0.05, 0.1) is 12.2 Å². The van der Waals surface area contributed by atoms with Gasteiger partial charge >= 0.3 is 0 Å². The van der Waals surface area contributed by atoms with Crippen LogP contribution in [0.4, 0.5) is 0 Å². The molecule has 0 atom stereocenters. The van der Waals surface area contributed by atoms with Crippen LogP contribution in [0.2, 0.25) is 0 Å². The minimum atomic E-state index is 0.00211. The molecule has 4 rings (SSSR count). The lowest BCUT2D eigenvalue weighted by molar-refractivity contribution is 0.329. The first-order valence-electron chi connectivity index (χ1n) is 9.03. The van der Waals surface area contributed by atoms with Gasteiger partial charge in [0.2, 0.25) is 0 Å². The molecule has 1 aliphatic carbocycles. The molecule has 2 heterocycles. The van der Waals surface area contributed by atoms with Crippen LogP contribution in [0, 0.1) is 0 Å². The number of aromatic nitrogens is 3. The van der Waals surface area contributed by atoms with Gasteiger partial charge in [-0.25, -0.2) is 0 Å². The van der Waals surface area contributed by atoms with Gasteiger partial charge in [0.1, 0.15) is 0 Å². The van der Waals surface area contributed by atoms with Gasteiger partial charge in [-0.1, -0.05) is 49.6 Å². The molecule has 1 fully saturated rings. The first-order valence-corrected chi connectivity index (χ1v) is 9.03. The zero-order valence-corrected chi connectivity index (χ0v) is 14.6. The summed E-state index contributed by atoms with van der Waals surface area (Å²) in [6.07, 6.45) is 12.3. The van der Waals surface area contributed by atoms with Gasteiger partial charge in [-0.3, -0.25) is 9.48 Å². The van der Waals surface area contributed by atoms with E-state index < -0.39 is 0 Å². The van der Waals surface area contributed by atoms with E-state index in [9.17, 15) is 4.79 Å². The summed E-state index contributed by atoms with van der Waals surface area (Å²) >= 11 is 0. The standard InChI is InChI=1S/C21H23N3O/c1-23-15-20(19(12-21(23)25)16-8-4-2-5-9-16)17-13-22-24(14-17)18-10-6-3-7-11-18/h2,4-5,8-9,12-15,18H,3,6-7,10-11H2,1H3. The molecule has 3 aromatic rings. The minimum absolute atomic E-state index is 0.00211. The highest BCUT2D eigenvalue weighted by molar-refractivity contribution is 5.82. The highest BCUT2D eigenvalue weighted by Crippen LogP contribution is 2.33. The molecule has 1 aliphatic rings. The molecule has 0 bridgehead atoms. The SMILES string of the molecule is Cn1cc(-c2cnn(C3CCCCC3)c2)c(-c2ccccc2)cc1=O. The van der Waals surface area contributed by atoms with E-state index in [1.165, 1.54) is 32.1 Å². The van der Waals surface area contributed by atoms with Crippen molar-refractivity contribution >= 4 is 0 Å². The summed E-state index contributed by atoms with van der Waals surface area (Å²) in [5, 5.41) is 4.63. The van der Waals surface area contributed by atoms with Crippen LogP contribution < -0.4 is 5.56 Å². The highest BCUT2D eigenvalue weighted by Gasteiger charge is 2.18. The van der Waals surface area contributed by atoms with Crippen LogP contribution in [0.5, 0.6) is 0 Å². The van der Waals surface area contributed by atoms with E-state index in [0.29, 0.717) is 6.04 Å². The van der Waals surface area contributed by atoms with Gasteiger partial charge in [-0.05, 0) is 24.0 Å². The zero-order chi connectivity index (χ0) is 17.2. The van der Waals surface area contributed by atoms with E-state index in [2.05, 4.69) is 16.0 Å². The maximum Gasteiger partial charge on any atom is 0.250 e. The Morgan fingerprint density at radius 3 is 2.48 bits per heavy atom. The smallest absolute Gasteiger partial charge is 0.250 e. The van der Waals surface area contributed by atoms with Gasteiger partial charge in [0.25, 0.3) is 5.56 Å². The van der Waals surface area contributed by atoms with Crippen molar-refractivity contribution in [1.29, 1.82) is 0 Å². The molecule has 0 N–H and O–H groups in total. The zero-order valence-electron chi connectivity index (χ0n) is 14.6. The fourth-order valence-corrected chi connectivity index (χ4v) is 3.74. The number of nitrogens with zero attached hydrogens (tertiary/aromatic N) is 3. The second-order valence-corrected chi connectivity index (χ2v) is 6.92. The van der Waals surface area contributed by atoms with Gasteiger partial charge in [-0.15, -0.1) is 0 Å². The Kier molecular flexibility index (Phi) is 4.26. The van der Waals surface area contributed by atoms with Crippen LogP contribution in [0.3, 0.4) is 0 Å². The molecule has 128 valence electrons. The average Bonchev–Trinajstić information content (AvgIpc) is 3.15. The summed E-state index contributed by atoms with van der Waals surface area (Å²) in [6.45, 7) is 0. The predicted molar refractivity (Wildman–Crippen MR) is 100 cm³/mol. The second-order valence-electron chi connectivity index (χ2n) is 6.92. The quantitative estimate of drug-likeness (QED) is 0.712. The molecular weight excluding hydrogens is 310 g/mol. The topological polar surface area (TPSA) is 39.8 Å². The number of rotatable bonds is 3. The van der Waals surface area contributed by atoms with Crippen molar-refractivity contribution in [2.24, 2.45) is 7.05 Å². The number of pyridine rings is 1. The molecule has 1 aromatic carbocycles. The molecule has 0 unspecified atom stereocenters. The number of benzene rings is 1. The Balaban J connectivity index is 1.78. The van der Waals surface area contributed by atoms with Crippen molar-refractivity contribution in [2.45, 2.75) is 38.1 Å². The lowest BCUT2D eigenvalue weighted by Gasteiger charge is -2.21. The largest absolute Gasteiger partial charge is 0.318 e. The fourth-order valence-electron chi connectivity index (χ4n) is 3.74. The van der Waals surface area contributed by atoms with Crippen molar-refractivity contribution in [3.63, 3.8) is 0 Å². The van der Waals surface area contributed by atoms with E-state index in [1.54, 1.807) is 17.7 Å². The Bertz CT molecular complexity index is 918. The molecule has 4 heteroatoms. The van der Waals surface area contributed by atoms with Gasteiger partial charge in [-0.2, -0.15) is 5.10 Å². The van der Waals surface area contributed by atoms with Crippen molar-refractivity contribution in [2.75, 3.05) is 0 Å². The van der Waals surface area contributed by atoms with Crippen LogP contribution in [-0.2, 0) is 7.05 Å². The molecule has 0 amide bonds. The Labute approximate surface area is 147 Å². The van der Waals surface area contributed by atoms with Gasteiger partial charge in [0.15, 0.2) is 0 Å². The Morgan fingerprint density at radius 2 is 1.72 bits per heavy atom. The first kappa shape index (κ1) is 15.9. The van der Waals surface area contributed by atoms with E-state index >= 15 is 0 Å². The molecule has 0 saturated heterocycles. The first-order chi connectivity index (χ1) is 12.2. The number of aryl methyl sites for hydroxylation is 1.